The molecular formula is C47H93NO7. The minimum atomic E-state index is -1.48. The van der Waals surface area contributed by atoms with Gasteiger partial charge < -0.3 is 35.2 Å². The zero-order valence-corrected chi connectivity index (χ0v) is 36.3. The van der Waals surface area contributed by atoms with Crippen molar-refractivity contribution in [2.45, 2.75) is 282 Å². The first-order valence-electron chi connectivity index (χ1n) is 24.2. The molecule has 0 aliphatic carbocycles. The normalized spacial score (nSPS) is 20.6. The molecule has 0 unspecified atom stereocenters. The van der Waals surface area contributed by atoms with Crippen molar-refractivity contribution in [2.75, 3.05) is 13.2 Å². The molecule has 1 fully saturated rings. The molecule has 1 amide bonds. The van der Waals surface area contributed by atoms with E-state index < -0.39 is 37.3 Å². The Hall–Kier alpha value is -0.770. The summed E-state index contributed by atoms with van der Waals surface area (Å²) in [6.45, 7) is 4.19. The van der Waals surface area contributed by atoms with E-state index in [1.54, 1.807) is 0 Å². The second-order valence-electron chi connectivity index (χ2n) is 17.1. The molecule has 1 aliphatic rings. The zero-order chi connectivity index (χ0) is 40.0. The average Bonchev–Trinajstić information content (AvgIpc) is 3.18. The maximum absolute atomic E-state index is 12.9. The fourth-order valence-electron chi connectivity index (χ4n) is 8.04. The van der Waals surface area contributed by atoms with Crippen LogP contribution in [0.4, 0.5) is 0 Å². The van der Waals surface area contributed by atoms with Gasteiger partial charge in [0.2, 0.25) is 5.91 Å². The van der Waals surface area contributed by atoms with Crippen LogP contribution in [0.25, 0.3) is 0 Å². The van der Waals surface area contributed by atoms with Crippen LogP contribution < -0.4 is 5.32 Å². The SMILES string of the molecule is CCCCCCCCCCCCCCCCCCCCCCC(=O)N[C@H](CCCCCCCCCCCCCCCC)CO[C@H]1O[C@H](CO)[C@H](O)[C@H](O)[C@H]1O. The summed E-state index contributed by atoms with van der Waals surface area (Å²) in [5.74, 6) is 0.0233. The molecule has 1 rings (SSSR count). The van der Waals surface area contributed by atoms with Crippen LogP contribution in [-0.4, -0.2) is 76.3 Å². The first-order chi connectivity index (χ1) is 26.9. The Balaban J connectivity index is 2.20. The minimum absolute atomic E-state index is 0.0233. The highest BCUT2D eigenvalue weighted by atomic mass is 16.7. The summed E-state index contributed by atoms with van der Waals surface area (Å²) in [5, 5.41) is 43.4. The number of nitrogens with one attached hydrogen (secondary N) is 1. The van der Waals surface area contributed by atoms with Crippen molar-refractivity contribution in [2.24, 2.45) is 0 Å². The van der Waals surface area contributed by atoms with Crippen LogP contribution in [-0.2, 0) is 14.3 Å². The van der Waals surface area contributed by atoms with Gasteiger partial charge in [0, 0.05) is 6.42 Å². The number of unbranched alkanes of at least 4 members (excludes halogenated alkanes) is 32. The van der Waals surface area contributed by atoms with E-state index in [2.05, 4.69) is 19.2 Å². The monoisotopic (exact) mass is 784 g/mol. The van der Waals surface area contributed by atoms with E-state index in [1.165, 1.54) is 193 Å². The highest BCUT2D eigenvalue weighted by molar-refractivity contribution is 5.76. The maximum Gasteiger partial charge on any atom is 0.220 e. The number of aliphatic hydroxyl groups is 4. The molecule has 55 heavy (non-hydrogen) atoms. The van der Waals surface area contributed by atoms with Gasteiger partial charge in [0.15, 0.2) is 6.29 Å². The van der Waals surface area contributed by atoms with Crippen LogP contribution in [0, 0.1) is 0 Å². The summed E-state index contributed by atoms with van der Waals surface area (Å²) in [6, 6.07) is -0.234. The summed E-state index contributed by atoms with van der Waals surface area (Å²) in [4.78, 5) is 12.9. The van der Waals surface area contributed by atoms with Gasteiger partial charge in [0.1, 0.15) is 24.4 Å². The summed E-state index contributed by atoms with van der Waals surface area (Å²) in [5.41, 5.74) is 0. The Morgan fingerprint density at radius 1 is 0.509 bits per heavy atom. The molecule has 1 saturated heterocycles. The molecule has 0 aromatic rings. The lowest BCUT2D eigenvalue weighted by atomic mass is 9.99. The van der Waals surface area contributed by atoms with Crippen LogP contribution in [0.15, 0.2) is 0 Å². The highest BCUT2D eigenvalue weighted by Crippen LogP contribution is 2.23. The maximum atomic E-state index is 12.9. The quantitative estimate of drug-likeness (QED) is 0.0391. The molecule has 0 aromatic heterocycles. The Morgan fingerprint density at radius 3 is 1.22 bits per heavy atom. The summed E-state index contributed by atoms with van der Waals surface area (Å²) < 4.78 is 11.4. The number of aliphatic hydroxyl groups excluding tert-OH is 4. The van der Waals surface area contributed by atoms with E-state index in [0.29, 0.717) is 6.42 Å². The largest absolute Gasteiger partial charge is 0.394 e. The van der Waals surface area contributed by atoms with Crippen molar-refractivity contribution >= 4 is 5.91 Å². The smallest absolute Gasteiger partial charge is 0.220 e. The molecule has 5 N–H and O–H groups in total. The lowest BCUT2D eigenvalue weighted by Gasteiger charge is -2.40. The van der Waals surface area contributed by atoms with Gasteiger partial charge in [-0.05, 0) is 12.8 Å². The Labute approximate surface area is 340 Å². The van der Waals surface area contributed by atoms with Crippen molar-refractivity contribution in [1.82, 2.24) is 5.32 Å². The highest BCUT2D eigenvalue weighted by Gasteiger charge is 2.44. The van der Waals surface area contributed by atoms with Gasteiger partial charge in [-0.1, -0.05) is 226 Å². The molecule has 6 atom stereocenters. The van der Waals surface area contributed by atoms with Gasteiger partial charge in [-0.15, -0.1) is 0 Å². The van der Waals surface area contributed by atoms with Crippen LogP contribution in [0.5, 0.6) is 0 Å². The first-order valence-corrected chi connectivity index (χ1v) is 24.2. The Morgan fingerprint density at radius 2 is 0.855 bits per heavy atom. The van der Waals surface area contributed by atoms with Crippen LogP contribution >= 0.6 is 0 Å². The molecule has 328 valence electrons. The van der Waals surface area contributed by atoms with Crippen LogP contribution in [0.2, 0.25) is 0 Å². The van der Waals surface area contributed by atoms with Crippen molar-refractivity contribution < 1.29 is 34.7 Å². The Bertz CT molecular complexity index is 814. The van der Waals surface area contributed by atoms with Crippen LogP contribution in [0.1, 0.15) is 245 Å². The van der Waals surface area contributed by atoms with Crippen LogP contribution in [0.3, 0.4) is 0 Å². The van der Waals surface area contributed by atoms with E-state index >= 15 is 0 Å². The van der Waals surface area contributed by atoms with E-state index in [0.717, 1.165) is 32.1 Å². The fourth-order valence-corrected chi connectivity index (χ4v) is 8.04. The van der Waals surface area contributed by atoms with Gasteiger partial charge in [0.05, 0.1) is 19.3 Å². The molecular weight excluding hydrogens is 691 g/mol. The lowest BCUT2D eigenvalue weighted by molar-refractivity contribution is -0.302. The molecule has 0 bridgehead atoms. The van der Waals surface area contributed by atoms with E-state index in [1.807, 2.05) is 0 Å². The van der Waals surface area contributed by atoms with Gasteiger partial charge in [-0.2, -0.15) is 0 Å². The summed E-state index contributed by atoms with van der Waals surface area (Å²) in [7, 11) is 0. The Kier molecular flexibility index (Phi) is 36.8. The molecule has 0 radical (unpaired) electrons. The number of carbonyl (C=O) groups is 1. The molecule has 1 aliphatic heterocycles. The number of rotatable bonds is 41. The van der Waals surface area contributed by atoms with Gasteiger partial charge in [0.25, 0.3) is 0 Å². The van der Waals surface area contributed by atoms with Gasteiger partial charge in [-0.25, -0.2) is 0 Å². The molecule has 8 heteroatoms. The number of carbonyl (C=O) groups excluding carboxylic acids is 1. The second-order valence-corrected chi connectivity index (χ2v) is 17.1. The number of ether oxygens (including phenoxy) is 2. The third-order valence-electron chi connectivity index (χ3n) is 11.8. The lowest BCUT2D eigenvalue weighted by Crippen LogP contribution is -2.59. The number of hydrogen-bond donors (Lipinski definition) is 5. The fraction of sp³-hybridized carbons (Fsp3) is 0.979. The molecule has 0 saturated carbocycles. The standard InChI is InChI=1S/C47H93NO7/c1-3-5-7-9-11-13-15-17-19-20-21-22-23-24-26-28-30-32-34-36-38-43(50)48-41(40-54-47-46(53)45(52)44(51)42(39-49)55-47)37-35-33-31-29-27-25-18-16-14-12-10-8-6-4-2/h41-42,44-47,49,51-53H,3-40H2,1-2H3,(H,48,50)/t41-,42-,44+,45+,46-,47+/m1/s1. The zero-order valence-electron chi connectivity index (χ0n) is 36.3. The molecule has 8 nitrogen and oxygen atoms in total. The number of amides is 1. The predicted molar refractivity (Wildman–Crippen MR) is 229 cm³/mol. The molecule has 0 spiro atoms. The van der Waals surface area contributed by atoms with E-state index in [4.69, 9.17) is 9.47 Å². The van der Waals surface area contributed by atoms with E-state index in [9.17, 15) is 25.2 Å². The minimum Gasteiger partial charge on any atom is -0.394 e. The van der Waals surface area contributed by atoms with Crippen molar-refractivity contribution in [3.05, 3.63) is 0 Å². The van der Waals surface area contributed by atoms with Crippen molar-refractivity contribution in [1.29, 1.82) is 0 Å². The van der Waals surface area contributed by atoms with E-state index in [-0.39, 0.29) is 18.6 Å². The summed E-state index contributed by atoms with van der Waals surface area (Å²) in [6.07, 6.45) is 39.4. The van der Waals surface area contributed by atoms with Crippen molar-refractivity contribution in [3.63, 3.8) is 0 Å². The van der Waals surface area contributed by atoms with Gasteiger partial charge >= 0.3 is 0 Å². The number of hydrogen-bond acceptors (Lipinski definition) is 7. The molecule has 1 heterocycles. The summed E-state index contributed by atoms with van der Waals surface area (Å²) >= 11 is 0. The van der Waals surface area contributed by atoms with Gasteiger partial charge in [-0.3, -0.25) is 4.79 Å². The predicted octanol–water partition coefficient (Wildman–Crippen LogP) is 11.4. The van der Waals surface area contributed by atoms with Crippen molar-refractivity contribution in [3.8, 4) is 0 Å². The molecule has 0 aromatic carbocycles. The third kappa shape index (κ3) is 30.0. The third-order valence-corrected chi connectivity index (χ3v) is 11.8. The average molecular weight is 784 g/mol. The topological polar surface area (TPSA) is 128 Å². The first kappa shape index (κ1) is 52.2. The second kappa shape index (κ2) is 38.7.